The van der Waals surface area contributed by atoms with E-state index in [2.05, 4.69) is 21.5 Å². The highest BCUT2D eigenvalue weighted by Gasteiger charge is 2.16. The van der Waals surface area contributed by atoms with Crippen LogP contribution in [0.4, 0.5) is 5.82 Å². The zero-order valence-electron chi connectivity index (χ0n) is 9.48. The van der Waals surface area contributed by atoms with Crippen molar-refractivity contribution in [2.45, 2.75) is 38.6 Å². The fourth-order valence-corrected chi connectivity index (χ4v) is 2.42. The Labute approximate surface area is 94.7 Å². The van der Waals surface area contributed by atoms with Crippen LogP contribution < -0.4 is 5.32 Å². The summed E-state index contributed by atoms with van der Waals surface area (Å²) in [5, 5.41) is 7.91. The summed E-state index contributed by atoms with van der Waals surface area (Å²) in [4.78, 5) is 4.41. The smallest absolute Gasteiger partial charge is 0.152 e. The topological polar surface area (TPSA) is 42.2 Å². The summed E-state index contributed by atoms with van der Waals surface area (Å²) >= 11 is 0. The van der Waals surface area contributed by atoms with E-state index in [1.807, 2.05) is 17.6 Å². The summed E-state index contributed by atoms with van der Waals surface area (Å²) in [7, 11) is 0. The van der Waals surface area contributed by atoms with Crippen LogP contribution in [0.5, 0.6) is 0 Å². The molecular weight excluding hydrogens is 200 g/mol. The molecule has 0 bridgehead atoms. The molecule has 4 heteroatoms. The predicted octanol–water partition coefficient (Wildman–Crippen LogP) is 2.39. The average Bonchev–Trinajstić information content (AvgIpc) is 2.86. The summed E-state index contributed by atoms with van der Waals surface area (Å²) in [5.74, 6) is 0.968. The van der Waals surface area contributed by atoms with E-state index < -0.39 is 0 Å². The van der Waals surface area contributed by atoms with Gasteiger partial charge in [0, 0.05) is 18.4 Å². The van der Waals surface area contributed by atoms with E-state index in [0.717, 1.165) is 17.0 Å². The largest absolute Gasteiger partial charge is 0.366 e. The summed E-state index contributed by atoms with van der Waals surface area (Å²) in [5.41, 5.74) is 2.11. The number of aromatic nitrogens is 3. The minimum absolute atomic E-state index is 0.592. The maximum Gasteiger partial charge on any atom is 0.152 e. The molecule has 0 atom stereocenters. The van der Waals surface area contributed by atoms with Gasteiger partial charge >= 0.3 is 0 Å². The number of rotatable bonds is 2. The Bertz CT molecular complexity index is 497. The zero-order chi connectivity index (χ0) is 11.0. The molecule has 0 aromatic carbocycles. The Hall–Kier alpha value is -1.58. The highest BCUT2D eigenvalue weighted by molar-refractivity contribution is 5.68. The Morgan fingerprint density at radius 3 is 3.00 bits per heavy atom. The molecule has 16 heavy (non-hydrogen) atoms. The summed E-state index contributed by atoms with van der Waals surface area (Å²) in [6.45, 7) is 2.01. The summed E-state index contributed by atoms with van der Waals surface area (Å²) in [6.07, 6.45) is 8.88. The number of hydrogen-bond acceptors (Lipinski definition) is 3. The number of nitrogens with one attached hydrogen (secondary N) is 1. The molecule has 0 saturated heterocycles. The van der Waals surface area contributed by atoms with Crippen LogP contribution >= 0.6 is 0 Å². The highest BCUT2D eigenvalue weighted by Crippen LogP contribution is 2.23. The molecule has 0 radical (unpaired) electrons. The van der Waals surface area contributed by atoms with Crippen molar-refractivity contribution in [1.29, 1.82) is 0 Å². The number of anilines is 1. The Morgan fingerprint density at radius 2 is 2.19 bits per heavy atom. The number of aryl methyl sites for hydroxylation is 1. The van der Waals surface area contributed by atoms with Crippen molar-refractivity contribution in [2.24, 2.45) is 0 Å². The summed E-state index contributed by atoms with van der Waals surface area (Å²) < 4.78 is 1.89. The molecule has 1 saturated carbocycles. The van der Waals surface area contributed by atoms with Gasteiger partial charge < -0.3 is 5.32 Å². The van der Waals surface area contributed by atoms with Crippen molar-refractivity contribution < 1.29 is 0 Å². The molecule has 3 rings (SSSR count). The van der Waals surface area contributed by atoms with Crippen molar-refractivity contribution in [1.82, 2.24) is 14.6 Å². The molecule has 84 valence electrons. The van der Waals surface area contributed by atoms with Gasteiger partial charge in [-0.05, 0) is 25.8 Å². The molecule has 2 heterocycles. The number of nitrogens with zero attached hydrogens (tertiary/aromatic N) is 3. The second-order valence-electron chi connectivity index (χ2n) is 4.52. The van der Waals surface area contributed by atoms with Crippen molar-refractivity contribution in [3.63, 3.8) is 0 Å². The van der Waals surface area contributed by atoms with Crippen molar-refractivity contribution in [3.05, 3.63) is 24.2 Å². The molecule has 1 fully saturated rings. The fourth-order valence-electron chi connectivity index (χ4n) is 2.42. The molecule has 0 unspecified atom stereocenters. The van der Waals surface area contributed by atoms with E-state index in [-0.39, 0.29) is 0 Å². The first-order valence-electron chi connectivity index (χ1n) is 5.90. The van der Waals surface area contributed by atoms with E-state index in [1.54, 1.807) is 6.20 Å². The van der Waals surface area contributed by atoms with E-state index in [4.69, 9.17) is 0 Å². The van der Waals surface area contributed by atoms with Crippen LogP contribution in [0.2, 0.25) is 0 Å². The summed E-state index contributed by atoms with van der Waals surface area (Å²) in [6, 6.07) is 2.67. The van der Waals surface area contributed by atoms with Gasteiger partial charge in [-0.2, -0.15) is 5.10 Å². The van der Waals surface area contributed by atoms with Crippen LogP contribution in [-0.2, 0) is 0 Å². The second kappa shape index (κ2) is 3.77. The van der Waals surface area contributed by atoms with Crippen LogP contribution in [-0.4, -0.2) is 20.6 Å². The Morgan fingerprint density at radius 1 is 1.38 bits per heavy atom. The standard InChI is InChI=1S/C12H16N4/c1-9-8-11-12(13-6-7-16(11)15-9)14-10-4-2-3-5-10/h6-8,10H,2-5H2,1H3,(H,13,14). The molecule has 1 N–H and O–H groups in total. The molecule has 0 spiro atoms. The molecule has 2 aromatic rings. The molecule has 1 aliphatic rings. The van der Waals surface area contributed by atoms with Gasteiger partial charge in [-0.15, -0.1) is 0 Å². The van der Waals surface area contributed by atoms with Gasteiger partial charge in [-0.3, -0.25) is 0 Å². The Kier molecular flexibility index (Phi) is 2.27. The highest BCUT2D eigenvalue weighted by atomic mass is 15.2. The van der Waals surface area contributed by atoms with Crippen LogP contribution in [0.3, 0.4) is 0 Å². The fraction of sp³-hybridized carbons (Fsp3) is 0.500. The van der Waals surface area contributed by atoms with Crippen molar-refractivity contribution >= 4 is 11.3 Å². The lowest BCUT2D eigenvalue weighted by Gasteiger charge is -2.12. The van der Waals surface area contributed by atoms with Crippen LogP contribution in [0.15, 0.2) is 18.5 Å². The monoisotopic (exact) mass is 216 g/mol. The van der Waals surface area contributed by atoms with Gasteiger partial charge in [-0.25, -0.2) is 9.50 Å². The first-order valence-corrected chi connectivity index (χ1v) is 5.90. The third-order valence-corrected chi connectivity index (χ3v) is 3.21. The first-order chi connectivity index (χ1) is 7.83. The van der Waals surface area contributed by atoms with E-state index >= 15 is 0 Å². The van der Waals surface area contributed by atoms with Gasteiger partial charge in [0.15, 0.2) is 5.82 Å². The maximum atomic E-state index is 4.41. The predicted molar refractivity (Wildman–Crippen MR) is 63.6 cm³/mol. The van der Waals surface area contributed by atoms with E-state index in [0.29, 0.717) is 6.04 Å². The van der Waals surface area contributed by atoms with E-state index in [1.165, 1.54) is 25.7 Å². The first kappa shape index (κ1) is 9.63. The SMILES string of the molecule is Cc1cc2c(NC3CCCC3)nccn2n1. The van der Waals surface area contributed by atoms with E-state index in [9.17, 15) is 0 Å². The maximum absolute atomic E-state index is 4.41. The normalized spacial score (nSPS) is 17.1. The molecular formula is C12H16N4. The minimum Gasteiger partial charge on any atom is -0.366 e. The van der Waals surface area contributed by atoms with Crippen molar-refractivity contribution in [3.8, 4) is 0 Å². The lowest BCUT2D eigenvalue weighted by atomic mass is 10.2. The van der Waals surface area contributed by atoms with Gasteiger partial charge in [0.05, 0.1) is 5.69 Å². The molecule has 0 aliphatic heterocycles. The quantitative estimate of drug-likeness (QED) is 0.838. The lowest BCUT2D eigenvalue weighted by Crippen LogP contribution is -2.16. The minimum atomic E-state index is 0.592. The van der Waals surface area contributed by atoms with Crippen LogP contribution in [0.25, 0.3) is 5.52 Å². The van der Waals surface area contributed by atoms with Crippen LogP contribution in [0.1, 0.15) is 31.4 Å². The molecule has 4 nitrogen and oxygen atoms in total. The van der Waals surface area contributed by atoms with Gasteiger partial charge in [0.2, 0.25) is 0 Å². The lowest BCUT2D eigenvalue weighted by molar-refractivity contribution is 0.749. The Balaban J connectivity index is 1.95. The average molecular weight is 216 g/mol. The molecule has 2 aromatic heterocycles. The van der Waals surface area contributed by atoms with Crippen molar-refractivity contribution in [2.75, 3.05) is 5.32 Å². The zero-order valence-corrected chi connectivity index (χ0v) is 9.48. The van der Waals surface area contributed by atoms with Crippen LogP contribution in [0, 0.1) is 6.92 Å². The molecule has 0 amide bonds. The molecule has 1 aliphatic carbocycles. The van der Waals surface area contributed by atoms with Gasteiger partial charge in [0.25, 0.3) is 0 Å². The second-order valence-corrected chi connectivity index (χ2v) is 4.52. The van der Waals surface area contributed by atoms with Gasteiger partial charge in [0.1, 0.15) is 5.52 Å². The third-order valence-electron chi connectivity index (χ3n) is 3.21. The number of fused-ring (bicyclic) bond motifs is 1. The number of hydrogen-bond donors (Lipinski definition) is 1. The van der Waals surface area contributed by atoms with Gasteiger partial charge in [-0.1, -0.05) is 12.8 Å². The third kappa shape index (κ3) is 1.64.